The van der Waals surface area contributed by atoms with E-state index in [-0.39, 0.29) is 18.2 Å². The van der Waals surface area contributed by atoms with E-state index in [9.17, 15) is 9.59 Å². The van der Waals surface area contributed by atoms with Gasteiger partial charge in [-0.25, -0.2) is 4.68 Å². The molecule has 1 aliphatic heterocycles. The number of hydrogen-bond donors (Lipinski definition) is 2. The first-order chi connectivity index (χ1) is 13.2. The van der Waals surface area contributed by atoms with E-state index in [1.165, 1.54) is 0 Å². The van der Waals surface area contributed by atoms with Crippen LogP contribution < -0.4 is 10.6 Å². The fourth-order valence-electron chi connectivity index (χ4n) is 3.34. The van der Waals surface area contributed by atoms with E-state index in [0.717, 1.165) is 28.9 Å². The molecule has 6 heteroatoms. The second-order valence-corrected chi connectivity index (χ2v) is 6.55. The van der Waals surface area contributed by atoms with E-state index >= 15 is 0 Å². The highest BCUT2D eigenvalue weighted by Crippen LogP contribution is 2.31. The third kappa shape index (κ3) is 3.74. The fraction of sp³-hybridized carbons (Fsp3) is 0.190. The van der Waals surface area contributed by atoms with Crippen LogP contribution in [0.1, 0.15) is 23.5 Å². The lowest BCUT2D eigenvalue weighted by Gasteiger charge is -2.24. The van der Waals surface area contributed by atoms with Crippen molar-refractivity contribution in [1.82, 2.24) is 15.1 Å². The van der Waals surface area contributed by atoms with Gasteiger partial charge in [0, 0.05) is 31.0 Å². The Morgan fingerprint density at radius 2 is 1.96 bits per heavy atom. The van der Waals surface area contributed by atoms with Crippen LogP contribution >= 0.6 is 0 Å². The zero-order chi connectivity index (χ0) is 18.6. The number of amides is 2. The first-order valence-corrected chi connectivity index (χ1v) is 8.96. The number of nitrogens with zero attached hydrogens (tertiary/aromatic N) is 2. The van der Waals surface area contributed by atoms with Crippen molar-refractivity contribution in [3.63, 3.8) is 0 Å². The van der Waals surface area contributed by atoms with Crippen molar-refractivity contribution in [2.75, 3.05) is 11.9 Å². The van der Waals surface area contributed by atoms with Gasteiger partial charge in [0.25, 0.3) is 0 Å². The van der Waals surface area contributed by atoms with Gasteiger partial charge >= 0.3 is 0 Å². The third-order valence-electron chi connectivity index (χ3n) is 4.73. The summed E-state index contributed by atoms with van der Waals surface area (Å²) in [5.41, 5.74) is 3.73. The fourth-order valence-corrected chi connectivity index (χ4v) is 3.34. The Balaban J connectivity index is 1.35. The number of carbonyl (C=O) groups is 2. The van der Waals surface area contributed by atoms with E-state index in [1.54, 1.807) is 10.9 Å². The van der Waals surface area contributed by atoms with Gasteiger partial charge in [-0.2, -0.15) is 5.10 Å². The molecule has 1 atom stereocenters. The van der Waals surface area contributed by atoms with Gasteiger partial charge in [0.1, 0.15) is 0 Å². The van der Waals surface area contributed by atoms with Crippen LogP contribution in [0.25, 0.3) is 5.69 Å². The number of rotatable bonds is 5. The number of fused-ring (bicyclic) bond motifs is 1. The van der Waals surface area contributed by atoms with Crippen molar-refractivity contribution in [3.05, 3.63) is 78.1 Å². The molecular formula is C21H20N4O2. The van der Waals surface area contributed by atoms with Gasteiger partial charge in [-0.15, -0.1) is 0 Å². The molecule has 136 valence electrons. The first kappa shape index (κ1) is 17.0. The normalized spacial score (nSPS) is 15.7. The second kappa shape index (κ2) is 7.45. The molecule has 1 unspecified atom stereocenters. The largest absolute Gasteiger partial charge is 0.355 e. The molecule has 0 bridgehead atoms. The number of benzene rings is 2. The number of hydrogen-bond acceptors (Lipinski definition) is 3. The lowest BCUT2D eigenvalue weighted by atomic mass is 9.90. The molecule has 2 N–H and O–H groups in total. The number of anilines is 1. The van der Waals surface area contributed by atoms with Gasteiger partial charge in [0.05, 0.1) is 11.6 Å². The Bertz CT molecular complexity index is 949. The Labute approximate surface area is 157 Å². The van der Waals surface area contributed by atoms with Crippen LogP contribution in [0.5, 0.6) is 0 Å². The first-order valence-electron chi connectivity index (χ1n) is 8.96. The molecule has 0 saturated carbocycles. The molecule has 4 rings (SSSR count). The molecule has 0 spiro atoms. The van der Waals surface area contributed by atoms with Gasteiger partial charge in [0.15, 0.2) is 0 Å². The number of para-hydroxylation sites is 1. The summed E-state index contributed by atoms with van der Waals surface area (Å²) in [5, 5.41) is 9.99. The lowest BCUT2D eigenvalue weighted by molar-refractivity contribution is -0.126. The summed E-state index contributed by atoms with van der Waals surface area (Å²) in [5.74, 6) is -0.661. The van der Waals surface area contributed by atoms with Crippen molar-refractivity contribution >= 4 is 17.5 Å². The van der Waals surface area contributed by atoms with Crippen molar-refractivity contribution in [3.8, 4) is 5.69 Å². The Hall–Kier alpha value is -3.41. The molecular weight excluding hydrogens is 340 g/mol. The molecule has 0 aliphatic carbocycles. The standard InChI is InChI=1S/C21H20N4O2/c26-20-14-18(17-4-1-2-5-19(17)24-20)21(27)22-12-10-15-6-8-16(9-7-15)25-13-3-11-23-25/h1-9,11,13,18H,10,12,14H2,(H,22,27)(H,24,26). The topological polar surface area (TPSA) is 76.0 Å². The summed E-state index contributed by atoms with van der Waals surface area (Å²) in [6.07, 6.45) is 4.55. The summed E-state index contributed by atoms with van der Waals surface area (Å²) in [6.45, 7) is 0.528. The number of carbonyl (C=O) groups excluding carboxylic acids is 2. The highest BCUT2D eigenvalue weighted by molar-refractivity contribution is 6.01. The SMILES string of the molecule is O=C1CC(C(=O)NCCc2ccc(-n3cccn3)cc2)c2ccccc2N1. The van der Waals surface area contributed by atoms with Crippen LogP contribution in [0, 0.1) is 0 Å². The molecule has 27 heavy (non-hydrogen) atoms. The molecule has 1 aliphatic rings. The molecule has 0 fully saturated rings. The highest BCUT2D eigenvalue weighted by atomic mass is 16.2. The molecule has 3 aromatic rings. The lowest BCUT2D eigenvalue weighted by Crippen LogP contribution is -2.35. The summed E-state index contributed by atoms with van der Waals surface area (Å²) >= 11 is 0. The Morgan fingerprint density at radius 3 is 2.74 bits per heavy atom. The molecule has 2 aromatic carbocycles. The zero-order valence-corrected chi connectivity index (χ0v) is 14.8. The number of nitrogens with one attached hydrogen (secondary N) is 2. The Morgan fingerprint density at radius 1 is 1.15 bits per heavy atom. The minimum atomic E-state index is -0.433. The summed E-state index contributed by atoms with van der Waals surface area (Å²) < 4.78 is 1.80. The van der Waals surface area contributed by atoms with Crippen LogP contribution in [0.3, 0.4) is 0 Å². The third-order valence-corrected chi connectivity index (χ3v) is 4.73. The van der Waals surface area contributed by atoms with Crippen LogP contribution in [0.2, 0.25) is 0 Å². The molecule has 0 radical (unpaired) electrons. The van der Waals surface area contributed by atoms with Crippen LogP contribution in [0.15, 0.2) is 67.0 Å². The van der Waals surface area contributed by atoms with Gasteiger partial charge in [0.2, 0.25) is 11.8 Å². The van der Waals surface area contributed by atoms with Gasteiger partial charge < -0.3 is 10.6 Å². The van der Waals surface area contributed by atoms with Crippen LogP contribution in [-0.4, -0.2) is 28.1 Å². The van der Waals surface area contributed by atoms with E-state index in [4.69, 9.17) is 0 Å². The van der Waals surface area contributed by atoms with Crippen molar-refractivity contribution < 1.29 is 9.59 Å². The number of aromatic nitrogens is 2. The molecule has 2 heterocycles. The maximum atomic E-state index is 12.6. The highest BCUT2D eigenvalue weighted by Gasteiger charge is 2.30. The summed E-state index contributed by atoms with van der Waals surface area (Å²) in [4.78, 5) is 24.5. The van der Waals surface area contributed by atoms with E-state index in [0.29, 0.717) is 6.54 Å². The predicted molar refractivity (Wildman–Crippen MR) is 103 cm³/mol. The maximum Gasteiger partial charge on any atom is 0.228 e. The van der Waals surface area contributed by atoms with Gasteiger partial charge in [-0.1, -0.05) is 30.3 Å². The van der Waals surface area contributed by atoms with Crippen molar-refractivity contribution in [1.29, 1.82) is 0 Å². The smallest absolute Gasteiger partial charge is 0.228 e. The average Bonchev–Trinajstić information content (AvgIpc) is 3.22. The monoisotopic (exact) mass is 360 g/mol. The van der Waals surface area contributed by atoms with Crippen LogP contribution in [0.4, 0.5) is 5.69 Å². The maximum absolute atomic E-state index is 12.6. The zero-order valence-electron chi connectivity index (χ0n) is 14.8. The van der Waals surface area contributed by atoms with Gasteiger partial charge in [-0.05, 0) is 41.8 Å². The van der Waals surface area contributed by atoms with Crippen molar-refractivity contribution in [2.45, 2.75) is 18.8 Å². The minimum absolute atomic E-state index is 0.106. The van der Waals surface area contributed by atoms with Crippen molar-refractivity contribution in [2.24, 2.45) is 0 Å². The minimum Gasteiger partial charge on any atom is -0.355 e. The van der Waals surface area contributed by atoms with E-state index < -0.39 is 5.92 Å². The van der Waals surface area contributed by atoms with E-state index in [2.05, 4.69) is 15.7 Å². The summed E-state index contributed by atoms with van der Waals surface area (Å²) in [6, 6.07) is 17.4. The Kier molecular flexibility index (Phi) is 4.70. The van der Waals surface area contributed by atoms with Crippen LogP contribution in [-0.2, 0) is 16.0 Å². The quantitative estimate of drug-likeness (QED) is 0.734. The molecule has 6 nitrogen and oxygen atoms in total. The molecule has 2 amide bonds. The average molecular weight is 360 g/mol. The molecule has 0 saturated heterocycles. The van der Waals surface area contributed by atoms with Gasteiger partial charge in [-0.3, -0.25) is 9.59 Å². The molecule has 1 aromatic heterocycles. The second-order valence-electron chi connectivity index (χ2n) is 6.55. The summed E-state index contributed by atoms with van der Waals surface area (Å²) in [7, 11) is 0. The van der Waals surface area contributed by atoms with E-state index in [1.807, 2.05) is 60.8 Å². The predicted octanol–water partition coefficient (Wildman–Crippen LogP) is 2.66.